The van der Waals surface area contributed by atoms with Crippen LogP contribution in [0.1, 0.15) is 113 Å². The lowest BCUT2D eigenvalue weighted by Crippen LogP contribution is -2.51. The van der Waals surface area contributed by atoms with Crippen LogP contribution in [0.15, 0.2) is 54.6 Å². The summed E-state index contributed by atoms with van der Waals surface area (Å²) in [5.74, 6) is -2.33. The number of carbonyl (C=O) groups excluding carboxylic acids is 5. The first-order chi connectivity index (χ1) is 26.3. The second kappa shape index (κ2) is 19.7. The highest BCUT2D eigenvalue weighted by Gasteiger charge is 2.34. The summed E-state index contributed by atoms with van der Waals surface area (Å²) in [6.45, 7) is 21.0. The van der Waals surface area contributed by atoms with Crippen LogP contribution in [0.2, 0.25) is 0 Å². The SMILES string of the molecule is CC(C)(C)OC(=O)CN(CCN(CC(=O)OC(C)(C)C)C(CCCCNC(=O)c1c2ccccc2cc2ccccc12)C(=O)OC(C)(C)C)CC(=O)OC(C)(C)C. The molecule has 1 atom stereocenters. The van der Waals surface area contributed by atoms with Crippen molar-refractivity contribution in [1.29, 1.82) is 0 Å². The molecule has 0 fully saturated rings. The number of unbranched alkanes of at least 4 members (excludes halogenated alkanes) is 1. The first-order valence-electron chi connectivity index (χ1n) is 19.8. The molecule has 0 aliphatic heterocycles. The lowest BCUT2D eigenvalue weighted by molar-refractivity contribution is -0.167. The van der Waals surface area contributed by atoms with Gasteiger partial charge in [-0.05, 0) is 130 Å². The quantitative estimate of drug-likeness (QED) is 0.0641. The van der Waals surface area contributed by atoms with E-state index in [2.05, 4.69) is 11.4 Å². The fourth-order valence-corrected chi connectivity index (χ4v) is 6.31. The fourth-order valence-electron chi connectivity index (χ4n) is 6.31. The maximum atomic E-state index is 13.9. The van der Waals surface area contributed by atoms with Crippen LogP contribution in [-0.4, -0.2) is 107 Å². The molecule has 3 aromatic carbocycles. The highest BCUT2D eigenvalue weighted by molar-refractivity contribution is 6.18. The van der Waals surface area contributed by atoms with Crippen LogP contribution in [0.5, 0.6) is 0 Å². The molecule has 12 heteroatoms. The van der Waals surface area contributed by atoms with Gasteiger partial charge in [0, 0.05) is 19.6 Å². The monoisotopic (exact) mass is 791 g/mol. The molecule has 3 aromatic rings. The Morgan fingerprint density at radius 2 is 1.02 bits per heavy atom. The summed E-state index contributed by atoms with van der Waals surface area (Å²) in [6, 6.07) is 16.8. The maximum absolute atomic E-state index is 13.9. The fraction of sp³-hybridized carbons (Fsp3) is 0.578. The van der Waals surface area contributed by atoms with Gasteiger partial charge < -0.3 is 24.3 Å². The smallest absolute Gasteiger partial charge is 0.323 e. The number of benzene rings is 3. The highest BCUT2D eigenvalue weighted by Crippen LogP contribution is 2.28. The molecule has 1 amide bonds. The molecule has 0 heterocycles. The molecule has 12 nitrogen and oxygen atoms in total. The number of esters is 4. The molecular weight excluding hydrogens is 727 g/mol. The third-order valence-electron chi connectivity index (χ3n) is 8.31. The first kappa shape index (κ1) is 46.8. The zero-order chi connectivity index (χ0) is 42.8. The summed E-state index contributed by atoms with van der Waals surface area (Å²) in [5, 5.41) is 6.76. The van der Waals surface area contributed by atoms with Crippen molar-refractivity contribution < 1.29 is 42.9 Å². The molecule has 0 radical (unpaired) electrons. The second-order valence-electron chi connectivity index (χ2n) is 18.4. The number of ether oxygens (including phenoxy) is 4. The third kappa shape index (κ3) is 16.8. The van der Waals surface area contributed by atoms with E-state index in [9.17, 15) is 24.0 Å². The standard InChI is InChI=1S/C45H65N3O9/c1-42(2,3)54-36(49)28-47(29-37(50)55-43(4,5)6)25-26-48(30-38(51)56-44(7,8)9)35(41(53)57-45(10,11)12)23-17-18-24-46-40(52)39-33-21-15-13-19-31(33)27-32-20-14-16-22-34(32)39/h13-16,19-22,27,35H,17-18,23-26,28-30H2,1-12H3,(H,46,52). The molecule has 0 bridgehead atoms. The maximum Gasteiger partial charge on any atom is 0.323 e. The molecule has 1 unspecified atom stereocenters. The van der Waals surface area contributed by atoms with Gasteiger partial charge >= 0.3 is 23.9 Å². The van der Waals surface area contributed by atoms with Crippen molar-refractivity contribution in [3.05, 3.63) is 60.2 Å². The van der Waals surface area contributed by atoms with Crippen LogP contribution in [0.3, 0.4) is 0 Å². The molecule has 314 valence electrons. The highest BCUT2D eigenvalue weighted by atomic mass is 16.6. The number of rotatable bonds is 17. The van der Waals surface area contributed by atoms with Crippen molar-refractivity contribution in [2.75, 3.05) is 39.3 Å². The first-order valence-corrected chi connectivity index (χ1v) is 19.8. The largest absolute Gasteiger partial charge is 0.459 e. The summed E-state index contributed by atoms with van der Waals surface area (Å²) in [6.07, 6.45) is 1.34. The number of hydrogen-bond acceptors (Lipinski definition) is 11. The van der Waals surface area contributed by atoms with Gasteiger partial charge in [-0.25, -0.2) is 0 Å². The Balaban J connectivity index is 1.85. The summed E-state index contributed by atoms with van der Waals surface area (Å²) in [7, 11) is 0. The minimum atomic E-state index is -0.889. The number of amides is 1. The lowest BCUT2D eigenvalue weighted by Gasteiger charge is -2.34. The Bertz CT molecular complexity index is 1780. The van der Waals surface area contributed by atoms with Crippen molar-refractivity contribution >= 4 is 51.3 Å². The average molecular weight is 792 g/mol. The van der Waals surface area contributed by atoms with Gasteiger partial charge in [0.15, 0.2) is 0 Å². The van der Waals surface area contributed by atoms with Crippen LogP contribution in [0.4, 0.5) is 0 Å². The lowest BCUT2D eigenvalue weighted by atomic mass is 9.96. The van der Waals surface area contributed by atoms with E-state index in [4.69, 9.17) is 18.9 Å². The van der Waals surface area contributed by atoms with E-state index in [1.807, 2.05) is 48.5 Å². The summed E-state index contributed by atoms with van der Waals surface area (Å²) < 4.78 is 22.7. The van der Waals surface area contributed by atoms with E-state index < -0.39 is 52.3 Å². The molecule has 0 saturated heterocycles. The molecule has 0 aromatic heterocycles. The van der Waals surface area contributed by atoms with Crippen molar-refractivity contribution in [2.45, 2.75) is 131 Å². The predicted octanol–water partition coefficient (Wildman–Crippen LogP) is 7.23. The van der Waals surface area contributed by atoms with Crippen LogP contribution >= 0.6 is 0 Å². The van der Waals surface area contributed by atoms with Crippen LogP contribution in [0, 0.1) is 0 Å². The summed E-state index contributed by atoms with van der Waals surface area (Å²) in [4.78, 5) is 70.2. The minimum absolute atomic E-state index is 0.0969. The topological polar surface area (TPSA) is 141 Å². The van der Waals surface area contributed by atoms with Crippen molar-refractivity contribution in [3.63, 3.8) is 0 Å². The van der Waals surface area contributed by atoms with Gasteiger partial charge in [0.25, 0.3) is 5.91 Å². The van der Waals surface area contributed by atoms with Gasteiger partial charge in [-0.15, -0.1) is 0 Å². The molecule has 3 rings (SSSR count). The Hall–Kier alpha value is -4.55. The Morgan fingerprint density at radius 1 is 0.579 bits per heavy atom. The van der Waals surface area contributed by atoms with Gasteiger partial charge in [0.05, 0.1) is 25.2 Å². The normalized spacial score (nSPS) is 13.1. The van der Waals surface area contributed by atoms with E-state index in [1.54, 1.807) is 92.9 Å². The van der Waals surface area contributed by atoms with Crippen molar-refractivity contribution in [1.82, 2.24) is 15.1 Å². The molecule has 57 heavy (non-hydrogen) atoms. The van der Waals surface area contributed by atoms with E-state index in [0.29, 0.717) is 31.4 Å². The molecule has 1 N–H and O–H groups in total. The zero-order valence-corrected chi connectivity index (χ0v) is 36.2. The molecule has 0 spiro atoms. The number of fused-ring (bicyclic) bond motifs is 2. The van der Waals surface area contributed by atoms with E-state index >= 15 is 0 Å². The van der Waals surface area contributed by atoms with Gasteiger partial charge in [0.1, 0.15) is 28.4 Å². The number of nitrogens with one attached hydrogen (secondary N) is 1. The Morgan fingerprint density at radius 3 is 1.47 bits per heavy atom. The van der Waals surface area contributed by atoms with Crippen LogP contribution in [0.25, 0.3) is 21.5 Å². The predicted molar refractivity (Wildman–Crippen MR) is 223 cm³/mol. The second-order valence-corrected chi connectivity index (χ2v) is 18.4. The van der Waals surface area contributed by atoms with Crippen molar-refractivity contribution in [3.8, 4) is 0 Å². The average Bonchev–Trinajstić information content (AvgIpc) is 3.03. The minimum Gasteiger partial charge on any atom is -0.459 e. The van der Waals surface area contributed by atoms with Crippen LogP contribution in [-0.2, 0) is 38.1 Å². The zero-order valence-electron chi connectivity index (χ0n) is 36.2. The van der Waals surface area contributed by atoms with E-state index in [1.165, 1.54) is 0 Å². The van der Waals surface area contributed by atoms with Crippen LogP contribution < -0.4 is 5.32 Å². The van der Waals surface area contributed by atoms with E-state index in [0.717, 1.165) is 21.5 Å². The Labute approximate surface area is 338 Å². The van der Waals surface area contributed by atoms with Gasteiger partial charge in [-0.3, -0.25) is 33.8 Å². The van der Waals surface area contributed by atoms with Gasteiger partial charge in [-0.2, -0.15) is 0 Å². The number of carbonyl (C=O) groups is 5. The molecule has 0 saturated carbocycles. The summed E-state index contributed by atoms with van der Waals surface area (Å²) >= 11 is 0. The number of hydrogen-bond donors (Lipinski definition) is 1. The van der Waals surface area contributed by atoms with E-state index in [-0.39, 0.29) is 38.6 Å². The molecule has 0 aliphatic carbocycles. The third-order valence-corrected chi connectivity index (χ3v) is 8.31. The van der Waals surface area contributed by atoms with Gasteiger partial charge in [0.2, 0.25) is 0 Å². The molecule has 0 aliphatic rings. The summed E-state index contributed by atoms with van der Waals surface area (Å²) in [5.41, 5.74) is -2.48. The van der Waals surface area contributed by atoms with Gasteiger partial charge in [-0.1, -0.05) is 48.5 Å². The number of nitrogens with zero attached hydrogens (tertiary/aromatic N) is 2. The Kier molecular flexibility index (Phi) is 16.2. The molecular formula is C45H65N3O9. The van der Waals surface area contributed by atoms with Crippen molar-refractivity contribution in [2.24, 2.45) is 0 Å².